The zero-order valence-corrected chi connectivity index (χ0v) is 15.8. The van der Waals surface area contributed by atoms with Crippen LogP contribution >= 0.6 is 0 Å². The molecule has 2 heterocycles. The summed E-state index contributed by atoms with van der Waals surface area (Å²) in [5.41, 5.74) is 1.33. The maximum Gasteiger partial charge on any atom is 0.422 e. The van der Waals surface area contributed by atoms with E-state index in [2.05, 4.69) is 0 Å². The van der Waals surface area contributed by atoms with Crippen molar-refractivity contribution in [3.8, 4) is 0 Å². The Kier molecular flexibility index (Phi) is 4.75. The van der Waals surface area contributed by atoms with Crippen molar-refractivity contribution in [2.45, 2.75) is 19.9 Å². The van der Waals surface area contributed by atoms with Gasteiger partial charge in [-0.15, -0.1) is 0 Å². The summed E-state index contributed by atoms with van der Waals surface area (Å²) in [6.07, 6.45) is -0.352. The Bertz CT molecular complexity index is 1160. The molecular formula is C21H19N3O5. The van der Waals surface area contributed by atoms with Crippen molar-refractivity contribution in [3.63, 3.8) is 0 Å². The molecule has 29 heavy (non-hydrogen) atoms. The number of carbonyl (C=O) groups is 3. The summed E-state index contributed by atoms with van der Waals surface area (Å²) in [7, 11) is 0. The lowest BCUT2D eigenvalue weighted by Gasteiger charge is -2.13. The Hall–Kier alpha value is -3.68. The maximum atomic E-state index is 12.8. The second-order valence-electron chi connectivity index (χ2n) is 6.62. The van der Waals surface area contributed by atoms with Gasteiger partial charge < -0.3 is 4.74 Å². The van der Waals surface area contributed by atoms with Crippen LogP contribution in [-0.2, 0) is 11.3 Å². The Morgan fingerprint density at radius 2 is 1.45 bits per heavy atom. The molecule has 0 saturated carbocycles. The second kappa shape index (κ2) is 7.38. The van der Waals surface area contributed by atoms with Crippen LogP contribution in [0, 0.1) is 0 Å². The summed E-state index contributed by atoms with van der Waals surface area (Å²) in [6, 6.07) is 13.6. The third-order valence-electron chi connectivity index (χ3n) is 4.93. The van der Waals surface area contributed by atoms with Crippen LogP contribution in [0.25, 0.3) is 11.0 Å². The number of fused-ring (bicyclic) bond motifs is 2. The molecule has 1 aliphatic rings. The quantitative estimate of drug-likeness (QED) is 0.621. The minimum Gasteiger partial charge on any atom is -0.449 e. The molecular weight excluding hydrogens is 374 g/mol. The van der Waals surface area contributed by atoms with Crippen LogP contribution in [0.1, 0.15) is 34.1 Å². The molecule has 8 heteroatoms. The molecule has 2 aromatic carbocycles. The van der Waals surface area contributed by atoms with Crippen molar-refractivity contribution >= 4 is 28.9 Å². The number of aryl methyl sites for hydroxylation is 1. The van der Waals surface area contributed by atoms with E-state index >= 15 is 0 Å². The fourth-order valence-electron chi connectivity index (χ4n) is 3.62. The lowest BCUT2D eigenvalue weighted by molar-refractivity contribution is 0.0651. The van der Waals surface area contributed by atoms with Crippen LogP contribution in [-0.4, -0.2) is 45.1 Å². The molecule has 0 spiro atoms. The minimum absolute atomic E-state index is 0.157. The lowest BCUT2D eigenvalue weighted by atomic mass is 10.1. The highest BCUT2D eigenvalue weighted by Crippen LogP contribution is 2.22. The number of para-hydroxylation sites is 2. The number of carbonyl (C=O) groups excluding carboxylic acids is 3. The summed E-state index contributed by atoms with van der Waals surface area (Å²) in [5.74, 6) is -0.654. The van der Waals surface area contributed by atoms with Gasteiger partial charge >= 0.3 is 11.8 Å². The first-order chi connectivity index (χ1) is 14.0. The Morgan fingerprint density at radius 3 is 2.07 bits per heavy atom. The molecule has 0 N–H and O–H groups in total. The molecule has 8 nitrogen and oxygen atoms in total. The molecule has 0 aliphatic carbocycles. The van der Waals surface area contributed by atoms with Crippen molar-refractivity contribution < 1.29 is 19.1 Å². The van der Waals surface area contributed by atoms with Crippen molar-refractivity contribution in [3.05, 3.63) is 70.1 Å². The average Bonchev–Trinajstić information content (AvgIpc) is 3.14. The molecule has 1 aliphatic heterocycles. The van der Waals surface area contributed by atoms with E-state index in [0.717, 1.165) is 4.57 Å². The number of aromatic nitrogens is 2. The number of nitrogens with zero attached hydrogens (tertiary/aromatic N) is 3. The molecule has 4 rings (SSSR count). The number of ether oxygens (including phenoxy) is 1. The Balaban J connectivity index is 1.56. The van der Waals surface area contributed by atoms with Gasteiger partial charge in [-0.25, -0.2) is 9.59 Å². The van der Waals surface area contributed by atoms with E-state index in [0.29, 0.717) is 28.6 Å². The highest BCUT2D eigenvalue weighted by Gasteiger charge is 2.34. The summed E-state index contributed by atoms with van der Waals surface area (Å²) >= 11 is 0. The van der Waals surface area contributed by atoms with Crippen molar-refractivity contribution in [1.82, 2.24) is 14.0 Å². The summed E-state index contributed by atoms with van der Waals surface area (Å²) < 4.78 is 7.46. The van der Waals surface area contributed by atoms with Crippen LogP contribution in [0.2, 0.25) is 0 Å². The molecule has 2 amide bonds. The highest BCUT2D eigenvalue weighted by molar-refractivity contribution is 6.21. The Morgan fingerprint density at radius 1 is 0.862 bits per heavy atom. The first-order valence-corrected chi connectivity index (χ1v) is 9.37. The van der Waals surface area contributed by atoms with E-state index < -0.39 is 11.8 Å². The number of rotatable bonds is 5. The summed E-state index contributed by atoms with van der Waals surface area (Å²) in [4.78, 5) is 51.2. The zero-order chi connectivity index (χ0) is 20.5. The normalized spacial score (nSPS) is 13.2. The van der Waals surface area contributed by atoms with Crippen LogP contribution in [0.3, 0.4) is 0 Å². The second-order valence-corrected chi connectivity index (χ2v) is 6.62. The van der Waals surface area contributed by atoms with Crippen LogP contribution in [0.5, 0.6) is 0 Å². The summed E-state index contributed by atoms with van der Waals surface area (Å²) in [6.45, 7) is 2.26. The van der Waals surface area contributed by atoms with Crippen molar-refractivity contribution in [1.29, 1.82) is 0 Å². The first-order valence-electron chi connectivity index (χ1n) is 9.37. The number of amides is 2. The van der Waals surface area contributed by atoms with E-state index in [9.17, 15) is 19.2 Å². The van der Waals surface area contributed by atoms with E-state index in [-0.39, 0.29) is 31.5 Å². The third-order valence-corrected chi connectivity index (χ3v) is 4.93. The van der Waals surface area contributed by atoms with Crippen LogP contribution in [0.4, 0.5) is 4.79 Å². The standard InChI is InChI=1S/C21H19N3O5/c1-2-29-21(28)24-17-11-6-5-10-16(17)22(20(24)27)12-7-13-23-18(25)14-8-3-4-9-15(14)19(23)26/h3-6,8-11H,2,7,12-13H2,1H3. The van der Waals surface area contributed by atoms with E-state index in [1.54, 1.807) is 55.5 Å². The molecule has 0 atom stereocenters. The van der Waals surface area contributed by atoms with E-state index in [1.165, 1.54) is 9.47 Å². The van der Waals surface area contributed by atoms with Crippen LogP contribution in [0.15, 0.2) is 53.3 Å². The molecule has 0 unspecified atom stereocenters. The molecule has 0 radical (unpaired) electrons. The van der Waals surface area contributed by atoms with Gasteiger partial charge in [0.05, 0.1) is 28.8 Å². The fraction of sp³-hybridized carbons (Fsp3) is 0.238. The van der Waals surface area contributed by atoms with Gasteiger partial charge in [-0.1, -0.05) is 24.3 Å². The number of imide groups is 1. The minimum atomic E-state index is -0.729. The molecule has 0 bridgehead atoms. The zero-order valence-electron chi connectivity index (χ0n) is 15.8. The predicted octanol–water partition coefficient (Wildman–Crippen LogP) is 2.49. The monoisotopic (exact) mass is 393 g/mol. The van der Waals surface area contributed by atoms with Gasteiger partial charge in [-0.3, -0.25) is 19.1 Å². The van der Waals surface area contributed by atoms with Gasteiger partial charge in [0.1, 0.15) is 0 Å². The fourth-order valence-corrected chi connectivity index (χ4v) is 3.62. The van der Waals surface area contributed by atoms with Crippen molar-refractivity contribution in [2.75, 3.05) is 13.2 Å². The average molecular weight is 393 g/mol. The number of hydrogen-bond donors (Lipinski definition) is 0. The van der Waals surface area contributed by atoms with Gasteiger partial charge in [-0.2, -0.15) is 4.57 Å². The number of benzene rings is 2. The van der Waals surface area contributed by atoms with Crippen molar-refractivity contribution in [2.24, 2.45) is 0 Å². The maximum absolute atomic E-state index is 12.8. The molecule has 0 saturated heterocycles. The highest BCUT2D eigenvalue weighted by atomic mass is 16.5. The first kappa shape index (κ1) is 18.7. The number of imidazole rings is 1. The van der Waals surface area contributed by atoms with Crippen LogP contribution < -0.4 is 5.69 Å². The number of hydrogen-bond acceptors (Lipinski definition) is 5. The van der Waals surface area contributed by atoms with Gasteiger partial charge in [-0.05, 0) is 37.6 Å². The van der Waals surface area contributed by atoms with Gasteiger partial charge in [0.15, 0.2) is 0 Å². The van der Waals surface area contributed by atoms with Gasteiger partial charge in [0.2, 0.25) is 0 Å². The molecule has 0 fully saturated rings. The lowest BCUT2D eigenvalue weighted by Crippen LogP contribution is -2.33. The topological polar surface area (TPSA) is 90.6 Å². The van der Waals surface area contributed by atoms with Gasteiger partial charge in [0.25, 0.3) is 11.8 Å². The molecule has 1 aromatic heterocycles. The molecule has 3 aromatic rings. The largest absolute Gasteiger partial charge is 0.449 e. The van der Waals surface area contributed by atoms with Gasteiger partial charge in [0, 0.05) is 13.1 Å². The van der Waals surface area contributed by atoms with E-state index in [1.807, 2.05) is 0 Å². The SMILES string of the molecule is CCOC(=O)n1c(=O)n(CCCN2C(=O)c3ccccc3C2=O)c2ccccc21. The predicted molar refractivity (Wildman–Crippen MR) is 105 cm³/mol. The smallest absolute Gasteiger partial charge is 0.422 e. The third kappa shape index (κ3) is 3.02. The van der Waals surface area contributed by atoms with E-state index in [4.69, 9.17) is 4.74 Å². The Labute approximate surface area is 165 Å². The molecule has 148 valence electrons. The summed E-state index contributed by atoms with van der Waals surface area (Å²) in [5, 5.41) is 0.